The standard InChI is InChI=1S/C14H16N2O/c1-10-5-4-6-13(11(10)2)17-12-7-8-16-14(9-12)15-3/h4-9H,1-3H3,(H,15,16). The lowest BCUT2D eigenvalue weighted by Crippen LogP contribution is -1.94. The molecule has 0 aliphatic heterocycles. The Kier molecular flexibility index (Phi) is 3.28. The van der Waals surface area contributed by atoms with Crippen LogP contribution in [0, 0.1) is 13.8 Å². The maximum absolute atomic E-state index is 5.85. The van der Waals surface area contributed by atoms with Gasteiger partial charge in [0.25, 0.3) is 0 Å². The van der Waals surface area contributed by atoms with E-state index in [1.807, 2.05) is 31.3 Å². The lowest BCUT2D eigenvalue weighted by molar-refractivity contribution is 0.478. The van der Waals surface area contributed by atoms with Gasteiger partial charge in [-0.05, 0) is 37.1 Å². The van der Waals surface area contributed by atoms with Gasteiger partial charge in [-0.1, -0.05) is 12.1 Å². The molecule has 3 nitrogen and oxygen atoms in total. The number of benzene rings is 1. The second-order valence-corrected chi connectivity index (χ2v) is 3.93. The van der Waals surface area contributed by atoms with Crippen LogP contribution in [0.4, 0.5) is 5.82 Å². The summed E-state index contributed by atoms with van der Waals surface area (Å²) in [4.78, 5) is 4.15. The van der Waals surface area contributed by atoms with Crippen LogP contribution in [0.1, 0.15) is 11.1 Å². The van der Waals surface area contributed by atoms with Crippen LogP contribution in [0.5, 0.6) is 11.5 Å². The molecule has 2 rings (SSSR count). The molecule has 0 amide bonds. The molecule has 0 bridgehead atoms. The van der Waals surface area contributed by atoms with E-state index < -0.39 is 0 Å². The molecule has 0 fully saturated rings. The summed E-state index contributed by atoms with van der Waals surface area (Å²) in [6, 6.07) is 9.78. The van der Waals surface area contributed by atoms with Crippen molar-refractivity contribution in [3.05, 3.63) is 47.7 Å². The number of pyridine rings is 1. The summed E-state index contributed by atoms with van der Waals surface area (Å²) in [5.41, 5.74) is 2.39. The number of hydrogen-bond acceptors (Lipinski definition) is 3. The largest absolute Gasteiger partial charge is 0.457 e. The highest BCUT2D eigenvalue weighted by molar-refractivity contribution is 5.45. The van der Waals surface area contributed by atoms with Crippen molar-refractivity contribution in [1.29, 1.82) is 0 Å². The van der Waals surface area contributed by atoms with E-state index >= 15 is 0 Å². The fraction of sp³-hybridized carbons (Fsp3) is 0.214. The fourth-order valence-corrected chi connectivity index (χ4v) is 1.57. The quantitative estimate of drug-likeness (QED) is 0.872. The molecular formula is C14H16N2O. The summed E-state index contributed by atoms with van der Waals surface area (Å²) in [6.45, 7) is 4.14. The lowest BCUT2D eigenvalue weighted by atomic mass is 10.1. The van der Waals surface area contributed by atoms with Crippen molar-refractivity contribution in [1.82, 2.24) is 4.98 Å². The molecule has 1 N–H and O–H groups in total. The summed E-state index contributed by atoms with van der Waals surface area (Å²) in [5, 5.41) is 2.99. The van der Waals surface area contributed by atoms with Gasteiger partial charge < -0.3 is 10.1 Å². The Hall–Kier alpha value is -2.03. The van der Waals surface area contributed by atoms with Crippen molar-refractivity contribution in [3.63, 3.8) is 0 Å². The van der Waals surface area contributed by atoms with Gasteiger partial charge in [-0.3, -0.25) is 0 Å². The number of hydrogen-bond donors (Lipinski definition) is 1. The van der Waals surface area contributed by atoms with Crippen molar-refractivity contribution in [2.24, 2.45) is 0 Å². The van der Waals surface area contributed by atoms with Gasteiger partial charge in [0.2, 0.25) is 0 Å². The van der Waals surface area contributed by atoms with Crippen LogP contribution in [0.15, 0.2) is 36.5 Å². The molecule has 17 heavy (non-hydrogen) atoms. The average Bonchev–Trinajstić information content (AvgIpc) is 2.35. The Morgan fingerprint density at radius 3 is 2.76 bits per heavy atom. The Morgan fingerprint density at radius 1 is 1.18 bits per heavy atom. The third kappa shape index (κ3) is 2.56. The minimum absolute atomic E-state index is 0.790. The van der Waals surface area contributed by atoms with E-state index in [1.54, 1.807) is 6.20 Å². The van der Waals surface area contributed by atoms with Gasteiger partial charge in [-0.2, -0.15) is 0 Å². The summed E-state index contributed by atoms with van der Waals surface area (Å²) in [6.07, 6.45) is 1.73. The molecule has 0 aliphatic rings. The van der Waals surface area contributed by atoms with E-state index in [0.29, 0.717) is 0 Å². The Balaban J connectivity index is 2.28. The fourth-order valence-electron chi connectivity index (χ4n) is 1.57. The Labute approximate surface area is 101 Å². The van der Waals surface area contributed by atoms with Gasteiger partial charge in [-0.25, -0.2) is 4.98 Å². The molecule has 0 unspecified atom stereocenters. The topological polar surface area (TPSA) is 34.1 Å². The lowest BCUT2D eigenvalue weighted by Gasteiger charge is -2.10. The maximum Gasteiger partial charge on any atom is 0.132 e. The number of ether oxygens (including phenoxy) is 1. The first-order valence-corrected chi connectivity index (χ1v) is 5.58. The third-order valence-corrected chi connectivity index (χ3v) is 2.77. The smallest absolute Gasteiger partial charge is 0.132 e. The van der Waals surface area contributed by atoms with E-state index in [4.69, 9.17) is 4.74 Å². The van der Waals surface area contributed by atoms with E-state index in [2.05, 4.69) is 30.2 Å². The summed E-state index contributed by atoms with van der Waals surface area (Å²) < 4.78 is 5.85. The monoisotopic (exact) mass is 228 g/mol. The van der Waals surface area contributed by atoms with Gasteiger partial charge >= 0.3 is 0 Å². The molecule has 0 spiro atoms. The zero-order valence-corrected chi connectivity index (χ0v) is 10.3. The summed E-state index contributed by atoms with van der Waals surface area (Å²) in [5.74, 6) is 2.48. The first kappa shape index (κ1) is 11.5. The molecule has 2 aromatic rings. The van der Waals surface area contributed by atoms with E-state index in [0.717, 1.165) is 22.9 Å². The number of rotatable bonds is 3. The number of nitrogens with one attached hydrogen (secondary N) is 1. The zero-order chi connectivity index (χ0) is 12.3. The molecule has 0 saturated heterocycles. The summed E-state index contributed by atoms with van der Waals surface area (Å²) in [7, 11) is 1.84. The predicted molar refractivity (Wildman–Crippen MR) is 69.8 cm³/mol. The highest BCUT2D eigenvalue weighted by Crippen LogP contribution is 2.27. The molecule has 88 valence electrons. The Morgan fingerprint density at radius 2 is 2.00 bits per heavy atom. The molecule has 0 atom stereocenters. The van der Waals surface area contributed by atoms with Crippen molar-refractivity contribution in [2.45, 2.75) is 13.8 Å². The minimum atomic E-state index is 0.790. The normalized spacial score (nSPS) is 10.1. The molecule has 1 aromatic heterocycles. The van der Waals surface area contributed by atoms with Crippen LogP contribution in [-0.2, 0) is 0 Å². The van der Waals surface area contributed by atoms with Crippen molar-refractivity contribution in [2.75, 3.05) is 12.4 Å². The van der Waals surface area contributed by atoms with E-state index in [1.165, 1.54) is 5.56 Å². The van der Waals surface area contributed by atoms with Gasteiger partial charge in [-0.15, -0.1) is 0 Å². The first-order valence-electron chi connectivity index (χ1n) is 5.58. The molecule has 0 aliphatic carbocycles. The number of anilines is 1. The highest BCUT2D eigenvalue weighted by atomic mass is 16.5. The number of aryl methyl sites for hydroxylation is 1. The molecule has 0 radical (unpaired) electrons. The van der Waals surface area contributed by atoms with Gasteiger partial charge in [0.05, 0.1) is 0 Å². The molecule has 1 heterocycles. The highest BCUT2D eigenvalue weighted by Gasteiger charge is 2.03. The minimum Gasteiger partial charge on any atom is -0.457 e. The molecule has 0 saturated carbocycles. The second kappa shape index (κ2) is 4.87. The third-order valence-electron chi connectivity index (χ3n) is 2.77. The van der Waals surface area contributed by atoms with E-state index in [-0.39, 0.29) is 0 Å². The van der Waals surface area contributed by atoms with Crippen molar-refractivity contribution in [3.8, 4) is 11.5 Å². The first-order chi connectivity index (χ1) is 8.20. The van der Waals surface area contributed by atoms with E-state index in [9.17, 15) is 0 Å². The average molecular weight is 228 g/mol. The van der Waals surface area contributed by atoms with Crippen LogP contribution in [0.3, 0.4) is 0 Å². The second-order valence-electron chi connectivity index (χ2n) is 3.93. The Bertz CT molecular complexity index is 523. The van der Waals surface area contributed by atoms with Crippen LogP contribution in [0.2, 0.25) is 0 Å². The zero-order valence-electron chi connectivity index (χ0n) is 10.3. The number of aromatic nitrogens is 1. The molecule has 3 heteroatoms. The van der Waals surface area contributed by atoms with Gasteiger partial charge in [0.1, 0.15) is 17.3 Å². The van der Waals surface area contributed by atoms with Gasteiger partial charge in [0.15, 0.2) is 0 Å². The van der Waals surface area contributed by atoms with Crippen LogP contribution >= 0.6 is 0 Å². The van der Waals surface area contributed by atoms with Crippen LogP contribution in [0.25, 0.3) is 0 Å². The summed E-state index contributed by atoms with van der Waals surface area (Å²) >= 11 is 0. The van der Waals surface area contributed by atoms with Crippen LogP contribution < -0.4 is 10.1 Å². The molecular weight excluding hydrogens is 212 g/mol. The SMILES string of the molecule is CNc1cc(Oc2cccc(C)c2C)ccn1. The maximum atomic E-state index is 5.85. The van der Waals surface area contributed by atoms with Crippen molar-refractivity contribution < 1.29 is 4.74 Å². The number of nitrogens with zero attached hydrogens (tertiary/aromatic N) is 1. The van der Waals surface area contributed by atoms with Gasteiger partial charge in [0, 0.05) is 19.3 Å². The van der Waals surface area contributed by atoms with Crippen LogP contribution in [-0.4, -0.2) is 12.0 Å². The molecule has 1 aromatic carbocycles. The van der Waals surface area contributed by atoms with Crippen molar-refractivity contribution >= 4 is 5.82 Å². The predicted octanol–water partition coefficient (Wildman–Crippen LogP) is 3.53.